The second-order valence-corrected chi connectivity index (χ2v) is 3.31. The van der Waals surface area contributed by atoms with E-state index >= 15 is 0 Å². The molecule has 1 aromatic heterocycles. The summed E-state index contributed by atoms with van der Waals surface area (Å²) in [5.74, 6) is 0.167. The van der Waals surface area contributed by atoms with Crippen molar-refractivity contribution in [1.82, 2.24) is 4.98 Å². The van der Waals surface area contributed by atoms with Crippen molar-refractivity contribution in [3.63, 3.8) is 0 Å². The molecule has 3 nitrogen and oxygen atoms in total. The Morgan fingerprint density at radius 3 is 2.85 bits per heavy atom. The molecule has 3 N–H and O–H groups in total. The third-order valence-electron chi connectivity index (χ3n) is 2.16. The van der Waals surface area contributed by atoms with Crippen molar-refractivity contribution < 1.29 is 5.11 Å². The maximum Gasteiger partial charge on any atom is 0.0691 e. The Labute approximate surface area is 78.6 Å². The van der Waals surface area contributed by atoms with Gasteiger partial charge < -0.3 is 10.8 Å². The monoisotopic (exact) mass is 180 g/mol. The van der Waals surface area contributed by atoms with Crippen LogP contribution in [0.25, 0.3) is 0 Å². The highest BCUT2D eigenvalue weighted by atomic mass is 16.3. The van der Waals surface area contributed by atoms with Gasteiger partial charge in [0.1, 0.15) is 0 Å². The summed E-state index contributed by atoms with van der Waals surface area (Å²) in [5, 5.41) is 9.43. The number of rotatable bonds is 4. The lowest BCUT2D eigenvalue weighted by Gasteiger charge is -2.16. The Kier molecular flexibility index (Phi) is 3.86. The van der Waals surface area contributed by atoms with E-state index in [0.717, 1.165) is 12.1 Å². The van der Waals surface area contributed by atoms with Crippen LogP contribution in [0.1, 0.15) is 12.6 Å². The topological polar surface area (TPSA) is 59.1 Å². The van der Waals surface area contributed by atoms with Crippen LogP contribution < -0.4 is 5.73 Å². The summed E-state index contributed by atoms with van der Waals surface area (Å²) >= 11 is 0. The van der Waals surface area contributed by atoms with Crippen LogP contribution in [0.5, 0.6) is 0 Å². The third kappa shape index (κ3) is 3.13. The van der Waals surface area contributed by atoms with Crippen LogP contribution in [0.2, 0.25) is 0 Å². The number of aliphatic hydroxyl groups excluding tert-OH is 1. The van der Waals surface area contributed by atoms with Crippen molar-refractivity contribution >= 4 is 0 Å². The second kappa shape index (κ2) is 4.94. The number of nitrogens with two attached hydrogens (primary N) is 1. The van der Waals surface area contributed by atoms with Gasteiger partial charge in [-0.1, -0.05) is 13.0 Å². The van der Waals surface area contributed by atoms with Crippen molar-refractivity contribution in [2.45, 2.75) is 19.4 Å². The molecule has 0 spiro atoms. The van der Waals surface area contributed by atoms with Gasteiger partial charge in [0.05, 0.1) is 6.10 Å². The summed E-state index contributed by atoms with van der Waals surface area (Å²) in [6, 6.07) is 5.79. The molecule has 0 amide bonds. The highest BCUT2D eigenvalue weighted by Gasteiger charge is 2.12. The highest BCUT2D eigenvalue weighted by molar-refractivity contribution is 5.04. The van der Waals surface area contributed by atoms with Gasteiger partial charge in [-0.3, -0.25) is 4.98 Å². The molecule has 0 aliphatic carbocycles. The molecule has 0 fully saturated rings. The van der Waals surface area contributed by atoms with Crippen LogP contribution in [-0.4, -0.2) is 22.7 Å². The normalized spacial score (nSPS) is 15.3. The van der Waals surface area contributed by atoms with Gasteiger partial charge >= 0.3 is 0 Å². The summed E-state index contributed by atoms with van der Waals surface area (Å²) in [7, 11) is 0. The number of aliphatic hydroxyl groups is 1. The molecule has 0 aliphatic heterocycles. The summed E-state index contributed by atoms with van der Waals surface area (Å²) in [4.78, 5) is 4.18. The van der Waals surface area contributed by atoms with Crippen molar-refractivity contribution in [3.8, 4) is 0 Å². The molecule has 0 radical (unpaired) electrons. The van der Waals surface area contributed by atoms with Crippen molar-refractivity contribution in [2.75, 3.05) is 6.54 Å². The molecule has 3 heteroatoms. The average Bonchev–Trinajstić information content (AvgIpc) is 2.18. The van der Waals surface area contributed by atoms with E-state index < -0.39 is 6.10 Å². The quantitative estimate of drug-likeness (QED) is 0.712. The van der Waals surface area contributed by atoms with Gasteiger partial charge in [0.15, 0.2) is 0 Å². The average molecular weight is 180 g/mol. The molecular weight excluding hydrogens is 164 g/mol. The minimum atomic E-state index is -0.429. The fourth-order valence-corrected chi connectivity index (χ4v) is 1.22. The van der Waals surface area contributed by atoms with Gasteiger partial charge in [-0.15, -0.1) is 0 Å². The molecule has 1 rings (SSSR count). The van der Waals surface area contributed by atoms with E-state index in [1.54, 1.807) is 6.20 Å². The zero-order chi connectivity index (χ0) is 9.68. The molecule has 1 aromatic rings. The Hall–Kier alpha value is -0.930. The first-order valence-electron chi connectivity index (χ1n) is 4.52. The maximum absolute atomic E-state index is 9.43. The standard InChI is InChI=1S/C10H16N2O/c1-8(10(13)7-11)6-9-4-2-3-5-12-9/h2-5,8,10,13H,6-7,11H2,1H3/t8-,10-/m1/s1. The fourth-order valence-electron chi connectivity index (χ4n) is 1.22. The first-order chi connectivity index (χ1) is 6.24. The van der Waals surface area contributed by atoms with E-state index in [1.807, 2.05) is 25.1 Å². The SMILES string of the molecule is C[C@H](Cc1ccccn1)[C@H](O)CN. The van der Waals surface area contributed by atoms with E-state index in [-0.39, 0.29) is 5.92 Å². The van der Waals surface area contributed by atoms with Gasteiger partial charge in [-0.25, -0.2) is 0 Å². The molecule has 0 unspecified atom stereocenters. The third-order valence-corrected chi connectivity index (χ3v) is 2.16. The molecule has 0 aliphatic rings. The molecular formula is C10H16N2O. The Morgan fingerprint density at radius 1 is 1.54 bits per heavy atom. The molecule has 0 bridgehead atoms. The molecule has 0 saturated heterocycles. The lowest BCUT2D eigenvalue weighted by Crippen LogP contribution is -2.28. The van der Waals surface area contributed by atoms with E-state index in [4.69, 9.17) is 5.73 Å². The van der Waals surface area contributed by atoms with Gasteiger partial charge in [-0.05, 0) is 24.5 Å². The minimum absolute atomic E-state index is 0.167. The number of nitrogens with zero attached hydrogens (tertiary/aromatic N) is 1. The van der Waals surface area contributed by atoms with Crippen molar-refractivity contribution in [1.29, 1.82) is 0 Å². The number of hydrogen-bond acceptors (Lipinski definition) is 3. The van der Waals surface area contributed by atoms with Gasteiger partial charge in [0, 0.05) is 18.4 Å². The summed E-state index contributed by atoms with van der Waals surface area (Å²) in [6.45, 7) is 2.29. The number of pyridine rings is 1. The lowest BCUT2D eigenvalue weighted by atomic mass is 9.99. The van der Waals surface area contributed by atoms with Gasteiger partial charge in [0.25, 0.3) is 0 Å². The first-order valence-corrected chi connectivity index (χ1v) is 4.52. The molecule has 13 heavy (non-hydrogen) atoms. The Morgan fingerprint density at radius 2 is 2.31 bits per heavy atom. The Bertz CT molecular complexity index is 238. The second-order valence-electron chi connectivity index (χ2n) is 3.31. The van der Waals surface area contributed by atoms with Crippen LogP contribution in [0.4, 0.5) is 0 Å². The first kappa shape index (κ1) is 10.2. The van der Waals surface area contributed by atoms with Crippen molar-refractivity contribution in [3.05, 3.63) is 30.1 Å². The molecule has 0 saturated carbocycles. The van der Waals surface area contributed by atoms with Crippen LogP contribution in [0.15, 0.2) is 24.4 Å². The van der Waals surface area contributed by atoms with E-state index in [1.165, 1.54) is 0 Å². The summed E-state index contributed by atoms with van der Waals surface area (Å²) < 4.78 is 0. The number of hydrogen-bond donors (Lipinski definition) is 2. The predicted octanol–water partition coefficient (Wildman–Crippen LogP) is 0.580. The van der Waals surface area contributed by atoms with Crippen LogP contribution in [-0.2, 0) is 6.42 Å². The van der Waals surface area contributed by atoms with Crippen LogP contribution in [0, 0.1) is 5.92 Å². The molecule has 2 atom stereocenters. The van der Waals surface area contributed by atoms with E-state index in [9.17, 15) is 5.11 Å². The zero-order valence-corrected chi connectivity index (χ0v) is 7.85. The zero-order valence-electron chi connectivity index (χ0n) is 7.85. The van der Waals surface area contributed by atoms with Crippen molar-refractivity contribution in [2.24, 2.45) is 11.7 Å². The largest absolute Gasteiger partial charge is 0.392 e. The smallest absolute Gasteiger partial charge is 0.0691 e. The van der Waals surface area contributed by atoms with E-state index in [2.05, 4.69) is 4.98 Å². The Balaban J connectivity index is 2.50. The predicted molar refractivity (Wildman–Crippen MR) is 52.2 cm³/mol. The lowest BCUT2D eigenvalue weighted by molar-refractivity contribution is 0.124. The highest BCUT2D eigenvalue weighted by Crippen LogP contribution is 2.08. The van der Waals surface area contributed by atoms with E-state index in [0.29, 0.717) is 6.54 Å². The summed E-state index contributed by atoms with van der Waals surface area (Å²) in [5.41, 5.74) is 6.36. The molecule has 72 valence electrons. The fraction of sp³-hybridized carbons (Fsp3) is 0.500. The van der Waals surface area contributed by atoms with Gasteiger partial charge in [-0.2, -0.15) is 0 Å². The number of aromatic nitrogens is 1. The van der Waals surface area contributed by atoms with Gasteiger partial charge in [0.2, 0.25) is 0 Å². The summed E-state index contributed by atoms with van der Waals surface area (Å²) in [6.07, 6.45) is 2.11. The van der Waals surface area contributed by atoms with Crippen LogP contribution >= 0.6 is 0 Å². The van der Waals surface area contributed by atoms with Crippen LogP contribution in [0.3, 0.4) is 0 Å². The molecule has 0 aromatic carbocycles. The molecule has 1 heterocycles. The minimum Gasteiger partial charge on any atom is -0.392 e. The maximum atomic E-state index is 9.43.